The number of Topliss-reactive ketones (excluding diaryl/α,β-unsaturated/α-hetero) is 1. The van der Waals surface area contributed by atoms with Crippen molar-refractivity contribution in [1.82, 2.24) is 0 Å². The average molecular weight is 279 g/mol. The summed E-state index contributed by atoms with van der Waals surface area (Å²) in [7, 11) is 0. The largest absolute Gasteiger partial charge is 0.393 e. The van der Waals surface area contributed by atoms with Gasteiger partial charge < -0.3 is 27.0 Å². The molecule has 6 nitrogen and oxygen atoms in total. The van der Waals surface area contributed by atoms with E-state index in [9.17, 15) is 15.0 Å². The Morgan fingerprint density at radius 2 is 2.20 bits per heavy atom. The molecule has 0 aliphatic heterocycles. The monoisotopic (exact) mass is 279 g/mol. The number of carbonyl (C=O) groups is 1. The van der Waals surface area contributed by atoms with Crippen molar-refractivity contribution in [3.05, 3.63) is 29.8 Å². The molecule has 20 heavy (non-hydrogen) atoms. The summed E-state index contributed by atoms with van der Waals surface area (Å²) in [4.78, 5) is 11.4. The van der Waals surface area contributed by atoms with E-state index in [1.165, 1.54) is 6.92 Å². The van der Waals surface area contributed by atoms with Gasteiger partial charge in [-0.3, -0.25) is 4.79 Å². The Bertz CT molecular complexity index is 508. The lowest BCUT2D eigenvalue weighted by Gasteiger charge is -2.31. The lowest BCUT2D eigenvalue weighted by atomic mass is 9.97. The second-order valence-electron chi connectivity index (χ2n) is 5.47. The topological polar surface area (TPSA) is 122 Å². The molecule has 0 bridgehead atoms. The third kappa shape index (κ3) is 2.69. The summed E-state index contributed by atoms with van der Waals surface area (Å²) in [5.74, 6) is -0.0431. The molecule has 2 rings (SSSR count). The van der Waals surface area contributed by atoms with Crippen LogP contribution in [0.3, 0.4) is 0 Å². The first-order valence-electron chi connectivity index (χ1n) is 6.59. The molecule has 0 spiro atoms. The van der Waals surface area contributed by atoms with Gasteiger partial charge in [-0.25, -0.2) is 0 Å². The average Bonchev–Trinajstić information content (AvgIpc) is 2.63. The number of benzene rings is 1. The number of anilines is 1. The second-order valence-corrected chi connectivity index (χ2v) is 5.47. The lowest BCUT2D eigenvalue weighted by molar-refractivity contribution is -0.0175. The third-order valence-corrected chi connectivity index (χ3v) is 3.91. The van der Waals surface area contributed by atoms with Crippen molar-refractivity contribution in [1.29, 1.82) is 0 Å². The van der Waals surface area contributed by atoms with Crippen molar-refractivity contribution in [2.45, 2.75) is 37.1 Å². The van der Waals surface area contributed by atoms with E-state index in [-0.39, 0.29) is 18.2 Å². The molecule has 0 amide bonds. The Hall–Kier alpha value is -1.47. The van der Waals surface area contributed by atoms with Gasteiger partial charge in [0.05, 0.1) is 12.6 Å². The fourth-order valence-corrected chi connectivity index (χ4v) is 2.68. The SMILES string of the molecule is CC(=O)c1cccc(N[C@H]2[C@H](N)[C@H](N)C[C@@]2(O)CO)c1. The van der Waals surface area contributed by atoms with Crippen LogP contribution in [0.4, 0.5) is 5.69 Å². The standard InChI is InChI=1S/C14H21N3O3/c1-8(19)9-3-2-4-10(5-9)17-13-12(16)11(15)6-14(13,20)7-18/h2-5,11-13,17-18,20H,6-7,15-16H2,1H3/t11-,12-,13+,14-/m1/s1. The first-order chi connectivity index (χ1) is 9.37. The van der Waals surface area contributed by atoms with Crippen LogP contribution in [0.25, 0.3) is 0 Å². The first-order valence-corrected chi connectivity index (χ1v) is 6.59. The molecule has 1 aliphatic rings. The van der Waals surface area contributed by atoms with Crippen molar-refractivity contribution in [2.24, 2.45) is 11.5 Å². The van der Waals surface area contributed by atoms with Crippen LogP contribution < -0.4 is 16.8 Å². The Morgan fingerprint density at radius 1 is 1.50 bits per heavy atom. The summed E-state index contributed by atoms with van der Waals surface area (Å²) < 4.78 is 0. The minimum atomic E-state index is -1.36. The van der Waals surface area contributed by atoms with E-state index in [4.69, 9.17) is 11.5 Å². The highest BCUT2D eigenvalue weighted by molar-refractivity contribution is 5.94. The van der Waals surface area contributed by atoms with Crippen LogP contribution in [0.2, 0.25) is 0 Å². The Morgan fingerprint density at radius 3 is 2.80 bits per heavy atom. The van der Waals surface area contributed by atoms with Crippen LogP contribution in [-0.4, -0.2) is 46.3 Å². The number of nitrogens with two attached hydrogens (primary N) is 2. The van der Waals surface area contributed by atoms with Crippen molar-refractivity contribution in [2.75, 3.05) is 11.9 Å². The number of nitrogens with one attached hydrogen (secondary N) is 1. The molecule has 1 aromatic rings. The summed E-state index contributed by atoms with van der Waals surface area (Å²) in [6, 6.07) is 5.50. The normalized spacial score (nSPS) is 33.1. The van der Waals surface area contributed by atoms with Crippen LogP contribution in [0, 0.1) is 0 Å². The van der Waals surface area contributed by atoms with E-state index >= 15 is 0 Å². The number of aliphatic hydroxyl groups excluding tert-OH is 1. The molecule has 1 aliphatic carbocycles. The fourth-order valence-electron chi connectivity index (χ4n) is 2.68. The molecule has 0 radical (unpaired) electrons. The van der Waals surface area contributed by atoms with Gasteiger partial charge in [0.1, 0.15) is 5.60 Å². The van der Waals surface area contributed by atoms with Crippen molar-refractivity contribution in [3.8, 4) is 0 Å². The minimum Gasteiger partial charge on any atom is -0.393 e. The molecule has 0 heterocycles. The maximum absolute atomic E-state index is 11.4. The zero-order valence-corrected chi connectivity index (χ0v) is 11.4. The van der Waals surface area contributed by atoms with Crippen molar-refractivity contribution < 1.29 is 15.0 Å². The summed E-state index contributed by atoms with van der Waals surface area (Å²) in [6.07, 6.45) is 0.231. The second kappa shape index (κ2) is 5.49. The Labute approximate surface area is 117 Å². The Balaban J connectivity index is 2.24. The molecule has 0 aromatic heterocycles. The highest BCUT2D eigenvalue weighted by Crippen LogP contribution is 2.31. The molecule has 110 valence electrons. The van der Waals surface area contributed by atoms with Gasteiger partial charge in [0.15, 0.2) is 5.78 Å². The minimum absolute atomic E-state index is 0.0431. The zero-order valence-electron chi connectivity index (χ0n) is 11.4. The summed E-state index contributed by atoms with van der Waals surface area (Å²) in [5.41, 5.74) is 11.7. The van der Waals surface area contributed by atoms with E-state index in [0.29, 0.717) is 11.3 Å². The number of hydrogen-bond acceptors (Lipinski definition) is 6. The number of ketones is 1. The van der Waals surface area contributed by atoms with Gasteiger partial charge in [-0.2, -0.15) is 0 Å². The summed E-state index contributed by atoms with van der Waals surface area (Å²) in [6.45, 7) is 1.07. The van der Waals surface area contributed by atoms with Crippen LogP contribution in [-0.2, 0) is 0 Å². The molecule has 1 saturated carbocycles. The Kier molecular flexibility index (Phi) is 4.10. The number of hydrogen-bond donors (Lipinski definition) is 5. The van der Waals surface area contributed by atoms with Gasteiger partial charge in [0.2, 0.25) is 0 Å². The van der Waals surface area contributed by atoms with E-state index in [1.54, 1.807) is 24.3 Å². The first kappa shape index (κ1) is 14.9. The van der Waals surface area contributed by atoms with Gasteiger partial charge in [-0.05, 0) is 25.5 Å². The van der Waals surface area contributed by atoms with Gasteiger partial charge in [-0.1, -0.05) is 12.1 Å². The molecule has 1 aromatic carbocycles. The van der Waals surface area contributed by atoms with Crippen molar-refractivity contribution in [3.63, 3.8) is 0 Å². The van der Waals surface area contributed by atoms with Crippen LogP contribution in [0.1, 0.15) is 23.7 Å². The molecule has 4 atom stereocenters. The quantitative estimate of drug-likeness (QED) is 0.472. The number of carbonyl (C=O) groups excluding carboxylic acids is 1. The van der Waals surface area contributed by atoms with Gasteiger partial charge in [0.25, 0.3) is 0 Å². The fraction of sp³-hybridized carbons (Fsp3) is 0.500. The van der Waals surface area contributed by atoms with Gasteiger partial charge in [0, 0.05) is 23.3 Å². The van der Waals surface area contributed by atoms with Crippen LogP contribution >= 0.6 is 0 Å². The summed E-state index contributed by atoms with van der Waals surface area (Å²) >= 11 is 0. The highest BCUT2D eigenvalue weighted by atomic mass is 16.3. The molecule has 1 fully saturated rings. The summed E-state index contributed by atoms with van der Waals surface area (Å²) in [5, 5.41) is 22.9. The highest BCUT2D eigenvalue weighted by Gasteiger charge is 2.50. The lowest BCUT2D eigenvalue weighted by Crippen LogP contribution is -2.53. The maximum Gasteiger partial charge on any atom is 0.159 e. The van der Waals surface area contributed by atoms with E-state index in [2.05, 4.69) is 5.32 Å². The smallest absolute Gasteiger partial charge is 0.159 e. The maximum atomic E-state index is 11.4. The zero-order chi connectivity index (χ0) is 14.9. The molecular weight excluding hydrogens is 258 g/mol. The number of rotatable bonds is 4. The molecule has 0 unspecified atom stereocenters. The van der Waals surface area contributed by atoms with Crippen LogP contribution in [0.15, 0.2) is 24.3 Å². The van der Waals surface area contributed by atoms with E-state index < -0.39 is 24.3 Å². The van der Waals surface area contributed by atoms with Crippen LogP contribution in [0.5, 0.6) is 0 Å². The van der Waals surface area contributed by atoms with Gasteiger partial charge >= 0.3 is 0 Å². The van der Waals surface area contributed by atoms with E-state index in [0.717, 1.165) is 0 Å². The predicted molar refractivity (Wildman–Crippen MR) is 76.5 cm³/mol. The molecular formula is C14H21N3O3. The molecule has 6 heteroatoms. The molecule has 0 saturated heterocycles. The third-order valence-electron chi connectivity index (χ3n) is 3.91. The number of aliphatic hydroxyl groups is 2. The van der Waals surface area contributed by atoms with E-state index in [1.807, 2.05) is 0 Å². The molecule has 7 N–H and O–H groups in total. The van der Waals surface area contributed by atoms with Gasteiger partial charge in [-0.15, -0.1) is 0 Å². The van der Waals surface area contributed by atoms with Crippen molar-refractivity contribution >= 4 is 11.5 Å². The predicted octanol–water partition coefficient (Wildman–Crippen LogP) is -0.549.